The number of thioether (sulfide) groups is 1. The first-order valence-corrected chi connectivity index (χ1v) is 7.96. The number of fused-ring (bicyclic) bond motifs is 1. The van der Waals surface area contributed by atoms with E-state index in [-0.39, 0.29) is 5.91 Å². The standard InChI is InChI=1S/C14H18N4OS/c1-11-6-2-4-8-17(11)13(19)10-20-14-16-15-12-7-3-5-9-18(12)14/h3,5,7,9,11H,2,4,6,8,10H2,1H3/t11-/m1/s1. The van der Waals surface area contributed by atoms with Gasteiger partial charge in [0.05, 0.1) is 5.75 Å². The van der Waals surface area contributed by atoms with Crippen molar-refractivity contribution in [3.63, 3.8) is 0 Å². The maximum absolute atomic E-state index is 12.3. The minimum Gasteiger partial charge on any atom is -0.339 e. The van der Waals surface area contributed by atoms with E-state index in [0.717, 1.165) is 30.2 Å². The summed E-state index contributed by atoms with van der Waals surface area (Å²) in [5.74, 6) is 0.634. The number of amides is 1. The SMILES string of the molecule is C[C@@H]1CCCCN1C(=O)CSc1nnc2ccccn12. The van der Waals surface area contributed by atoms with Gasteiger partial charge in [-0.15, -0.1) is 10.2 Å². The summed E-state index contributed by atoms with van der Waals surface area (Å²) in [4.78, 5) is 14.3. The normalized spacial score (nSPS) is 19.4. The number of hydrogen-bond donors (Lipinski definition) is 0. The molecule has 3 rings (SSSR count). The topological polar surface area (TPSA) is 50.5 Å². The molecule has 0 bridgehead atoms. The maximum Gasteiger partial charge on any atom is 0.233 e. The number of pyridine rings is 1. The zero-order valence-corrected chi connectivity index (χ0v) is 12.3. The van der Waals surface area contributed by atoms with Gasteiger partial charge in [-0.3, -0.25) is 9.20 Å². The Morgan fingerprint density at radius 3 is 3.15 bits per heavy atom. The molecular formula is C14H18N4OS. The second-order valence-corrected chi connectivity index (χ2v) is 6.07. The van der Waals surface area contributed by atoms with E-state index >= 15 is 0 Å². The van der Waals surface area contributed by atoms with Crippen molar-refractivity contribution in [3.8, 4) is 0 Å². The summed E-state index contributed by atoms with van der Waals surface area (Å²) in [5.41, 5.74) is 0.814. The smallest absolute Gasteiger partial charge is 0.233 e. The molecule has 106 valence electrons. The molecule has 0 saturated carbocycles. The Hall–Kier alpha value is -1.56. The van der Waals surface area contributed by atoms with Crippen molar-refractivity contribution >= 4 is 23.3 Å². The third-order valence-corrected chi connectivity index (χ3v) is 4.66. The van der Waals surface area contributed by atoms with Crippen LogP contribution in [0.1, 0.15) is 26.2 Å². The van der Waals surface area contributed by atoms with Crippen LogP contribution in [0.3, 0.4) is 0 Å². The lowest BCUT2D eigenvalue weighted by molar-refractivity contribution is -0.131. The molecule has 0 N–H and O–H groups in total. The Morgan fingerprint density at radius 1 is 1.40 bits per heavy atom. The number of carbonyl (C=O) groups is 1. The summed E-state index contributed by atoms with van der Waals surface area (Å²) in [6, 6.07) is 6.14. The molecule has 1 atom stereocenters. The van der Waals surface area contributed by atoms with Crippen LogP contribution in [0, 0.1) is 0 Å². The van der Waals surface area contributed by atoms with Crippen LogP contribution in [-0.4, -0.2) is 43.7 Å². The minimum absolute atomic E-state index is 0.204. The molecule has 0 spiro atoms. The van der Waals surface area contributed by atoms with Gasteiger partial charge in [-0.1, -0.05) is 17.8 Å². The molecule has 1 aliphatic heterocycles. The summed E-state index contributed by atoms with van der Waals surface area (Å²) >= 11 is 1.46. The van der Waals surface area contributed by atoms with E-state index in [1.165, 1.54) is 18.2 Å². The second-order valence-electron chi connectivity index (χ2n) is 5.13. The lowest BCUT2D eigenvalue weighted by atomic mass is 10.0. The van der Waals surface area contributed by atoms with E-state index in [2.05, 4.69) is 17.1 Å². The van der Waals surface area contributed by atoms with Gasteiger partial charge in [-0.25, -0.2) is 0 Å². The zero-order valence-electron chi connectivity index (χ0n) is 11.5. The third-order valence-electron chi connectivity index (χ3n) is 3.73. The molecule has 6 heteroatoms. The highest BCUT2D eigenvalue weighted by Crippen LogP contribution is 2.21. The van der Waals surface area contributed by atoms with Gasteiger partial charge in [-0.2, -0.15) is 0 Å². The largest absolute Gasteiger partial charge is 0.339 e. The number of rotatable bonds is 3. The Labute approximate surface area is 122 Å². The van der Waals surface area contributed by atoms with Gasteiger partial charge in [0, 0.05) is 18.8 Å². The first-order valence-electron chi connectivity index (χ1n) is 6.98. The third kappa shape index (κ3) is 2.65. The van der Waals surface area contributed by atoms with Crippen LogP contribution in [-0.2, 0) is 4.79 Å². The molecule has 2 aromatic rings. The maximum atomic E-state index is 12.3. The number of hydrogen-bond acceptors (Lipinski definition) is 4. The molecule has 0 radical (unpaired) electrons. The fraction of sp³-hybridized carbons (Fsp3) is 0.500. The first-order chi connectivity index (χ1) is 9.75. The fourth-order valence-electron chi connectivity index (χ4n) is 2.60. The van der Waals surface area contributed by atoms with Crippen LogP contribution in [0.15, 0.2) is 29.6 Å². The van der Waals surface area contributed by atoms with Crippen molar-refractivity contribution < 1.29 is 4.79 Å². The molecule has 1 aliphatic rings. The molecule has 0 aliphatic carbocycles. The van der Waals surface area contributed by atoms with E-state index in [4.69, 9.17) is 0 Å². The summed E-state index contributed by atoms with van der Waals surface area (Å²) in [6.07, 6.45) is 5.39. The van der Waals surface area contributed by atoms with Crippen molar-refractivity contribution in [1.82, 2.24) is 19.5 Å². The first kappa shape index (κ1) is 13.4. The summed E-state index contributed by atoms with van der Waals surface area (Å²) in [6.45, 7) is 3.02. The predicted octanol–water partition coefficient (Wildman–Crippen LogP) is 2.22. The second kappa shape index (κ2) is 5.83. The lowest BCUT2D eigenvalue weighted by Gasteiger charge is -2.33. The van der Waals surface area contributed by atoms with Crippen LogP contribution in [0.4, 0.5) is 0 Å². The van der Waals surface area contributed by atoms with Gasteiger partial charge in [0.1, 0.15) is 0 Å². The van der Waals surface area contributed by atoms with E-state index in [1.54, 1.807) is 0 Å². The monoisotopic (exact) mass is 290 g/mol. The van der Waals surface area contributed by atoms with Crippen LogP contribution >= 0.6 is 11.8 Å². The Kier molecular flexibility index (Phi) is 3.91. The quantitative estimate of drug-likeness (QED) is 0.813. The fourth-order valence-corrected chi connectivity index (χ4v) is 3.41. The summed E-state index contributed by atoms with van der Waals surface area (Å²) in [7, 11) is 0. The molecule has 0 aromatic carbocycles. The number of likely N-dealkylation sites (tertiary alicyclic amines) is 1. The summed E-state index contributed by atoms with van der Waals surface area (Å²) < 4.78 is 1.91. The van der Waals surface area contributed by atoms with Crippen molar-refractivity contribution in [2.75, 3.05) is 12.3 Å². The van der Waals surface area contributed by atoms with E-state index in [9.17, 15) is 4.79 Å². The summed E-state index contributed by atoms with van der Waals surface area (Å²) in [5, 5.41) is 9.00. The van der Waals surface area contributed by atoms with Crippen molar-refractivity contribution in [2.24, 2.45) is 0 Å². The Balaban J connectivity index is 1.65. The average Bonchev–Trinajstić information content (AvgIpc) is 2.88. The van der Waals surface area contributed by atoms with Gasteiger partial charge >= 0.3 is 0 Å². The van der Waals surface area contributed by atoms with Gasteiger partial charge in [-0.05, 0) is 38.3 Å². The number of nitrogens with zero attached hydrogens (tertiary/aromatic N) is 4. The highest BCUT2D eigenvalue weighted by molar-refractivity contribution is 7.99. The van der Waals surface area contributed by atoms with Crippen molar-refractivity contribution in [3.05, 3.63) is 24.4 Å². The van der Waals surface area contributed by atoms with Gasteiger partial charge in [0.25, 0.3) is 0 Å². The van der Waals surface area contributed by atoms with Crippen molar-refractivity contribution in [1.29, 1.82) is 0 Å². The molecule has 0 unspecified atom stereocenters. The zero-order chi connectivity index (χ0) is 13.9. The van der Waals surface area contributed by atoms with Gasteiger partial charge in [0.15, 0.2) is 10.8 Å². The Bertz CT molecular complexity index is 612. The Morgan fingerprint density at radius 2 is 2.30 bits per heavy atom. The number of carbonyl (C=O) groups excluding carboxylic acids is 1. The van der Waals surface area contributed by atoms with Crippen LogP contribution in [0.2, 0.25) is 0 Å². The predicted molar refractivity (Wildman–Crippen MR) is 78.7 cm³/mol. The average molecular weight is 290 g/mol. The molecule has 20 heavy (non-hydrogen) atoms. The molecule has 5 nitrogen and oxygen atoms in total. The highest BCUT2D eigenvalue weighted by atomic mass is 32.2. The minimum atomic E-state index is 0.204. The van der Waals surface area contributed by atoms with E-state index in [0.29, 0.717) is 11.8 Å². The number of aromatic nitrogens is 3. The van der Waals surface area contributed by atoms with Crippen LogP contribution < -0.4 is 0 Å². The van der Waals surface area contributed by atoms with Crippen LogP contribution in [0.25, 0.3) is 5.65 Å². The molecule has 1 saturated heterocycles. The molecular weight excluding hydrogens is 272 g/mol. The van der Waals surface area contributed by atoms with Gasteiger partial charge in [0.2, 0.25) is 5.91 Å². The molecule has 1 amide bonds. The molecule has 1 fully saturated rings. The van der Waals surface area contributed by atoms with E-state index < -0.39 is 0 Å². The van der Waals surface area contributed by atoms with E-state index in [1.807, 2.05) is 33.7 Å². The number of piperidine rings is 1. The van der Waals surface area contributed by atoms with Gasteiger partial charge < -0.3 is 4.90 Å². The highest BCUT2D eigenvalue weighted by Gasteiger charge is 2.23. The lowest BCUT2D eigenvalue weighted by Crippen LogP contribution is -2.42. The van der Waals surface area contributed by atoms with Crippen LogP contribution in [0.5, 0.6) is 0 Å². The molecule has 3 heterocycles. The van der Waals surface area contributed by atoms with Crippen molar-refractivity contribution in [2.45, 2.75) is 37.4 Å². The molecule has 2 aromatic heterocycles.